The highest BCUT2D eigenvalue weighted by molar-refractivity contribution is 7.71. The molecule has 0 fully saturated rings. The fourth-order valence-corrected chi connectivity index (χ4v) is 4.10. The van der Waals surface area contributed by atoms with Gasteiger partial charge in [-0.3, -0.25) is 0 Å². The summed E-state index contributed by atoms with van der Waals surface area (Å²) in [6, 6.07) is 15.7. The SMILES string of the molecule is COc1ccc(-c2nc(-c3ccc(Cl)cc3)s[s+]2)cc1.[O-][Cl+3]([O-])([O-])[O-]. The molecule has 0 spiro atoms. The van der Waals surface area contributed by atoms with E-state index in [1.807, 2.05) is 48.5 Å². The van der Waals surface area contributed by atoms with Crippen molar-refractivity contribution >= 4 is 32.3 Å². The van der Waals surface area contributed by atoms with Crippen LogP contribution in [0.3, 0.4) is 0 Å². The van der Waals surface area contributed by atoms with Crippen molar-refractivity contribution in [1.82, 2.24) is 4.98 Å². The van der Waals surface area contributed by atoms with E-state index >= 15 is 0 Å². The maximum atomic E-state index is 8.49. The van der Waals surface area contributed by atoms with E-state index in [-0.39, 0.29) is 0 Å². The first-order chi connectivity index (χ1) is 11.8. The summed E-state index contributed by atoms with van der Waals surface area (Å²) in [6.45, 7) is 0. The average Bonchev–Trinajstić information content (AvgIpc) is 3.04. The Labute approximate surface area is 158 Å². The van der Waals surface area contributed by atoms with Crippen molar-refractivity contribution in [3.63, 3.8) is 0 Å². The number of nitrogens with zero attached hydrogens (tertiary/aromatic N) is 1. The van der Waals surface area contributed by atoms with Gasteiger partial charge in [-0.05, 0) is 36.4 Å². The van der Waals surface area contributed by atoms with Crippen LogP contribution >= 0.6 is 32.3 Å². The second-order valence-electron chi connectivity index (χ2n) is 4.50. The summed E-state index contributed by atoms with van der Waals surface area (Å²) in [7, 11) is 0.0627. The number of halogens is 2. The van der Waals surface area contributed by atoms with Gasteiger partial charge in [0, 0.05) is 10.6 Å². The predicted molar refractivity (Wildman–Crippen MR) is 86.8 cm³/mol. The minimum Gasteiger partial charge on any atom is -0.497 e. The highest BCUT2D eigenvalue weighted by Gasteiger charge is 2.19. The van der Waals surface area contributed by atoms with Crippen molar-refractivity contribution in [3.05, 3.63) is 53.6 Å². The van der Waals surface area contributed by atoms with Crippen molar-refractivity contribution in [2.24, 2.45) is 0 Å². The van der Waals surface area contributed by atoms with E-state index in [1.54, 1.807) is 27.8 Å². The Morgan fingerprint density at radius 1 is 0.960 bits per heavy atom. The van der Waals surface area contributed by atoms with Gasteiger partial charge in [-0.2, -0.15) is 4.98 Å². The predicted octanol–water partition coefficient (Wildman–Crippen LogP) is 0.726. The van der Waals surface area contributed by atoms with Crippen LogP contribution in [-0.2, 0) is 0 Å². The maximum Gasteiger partial charge on any atom is 0.348 e. The van der Waals surface area contributed by atoms with E-state index in [0.717, 1.165) is 31.9 Å². The Bertz CT molecular complexity index is 798. The van der Waals surface area contributed by atoms with Crippen LogP contribution in [0, 0.1) is 10.2 Å². The van der Waals surface area contributed by atoms with Crippen molar-refractivity contribution in [2.45, 2.75) is 0 Å². The first kappa shape index (κ1) is 20.0. The van der Waals surface area contributed by atoms with Gasteiger partial charge in [0.15, 0.2) is 15.3 Å². The molecule has 0 amide bonds. The molecule has 25 heavy (non-hydrogen) atoms. The second-order valence-corrected chi connectivity index (χ2v) is 7.80. The van der Waals surface area contributed by atoms with Crippen LogP contribution in [0.25, 0.3) is 21.1 Å². The van der Waals surface area contributed by atoms with E-state index in [0.29, 0.717) is 0 Å². The van der Waals surface area contributed by atoms with Gasteiger partial charge in [0.1, 0.15) is 5.75 Å². The van der Waals surface area contributed by atoms with Gasteiger partial charge in [-0.15, -0.1) is 10.2 Å². The molecule has 2 aromatic carbocycles. The van der Waals surface area contributed by atoms with Crippen LogP contribution in [0.15, 0.2) is 48.5 Å². The summed E-state index contributed by atoms with van der Waals surface area (Å²) in [5.41, 5.74) is 2.20. The van der Waals surface area contributed by atoms with Crippen LogP contribution in [-0.4, -0.2) is 12.1 Å². The number of aromatic nitrogens is 1. The highest BCUT2D eigenvalue weighted by Crippen LogP contribution is 2.34. The molecule has 3 rings (SSSR count). The number of ether oxygens (including phenoxy) is 1. The molecule has 1 aromatic heterocycles. The molecule has 132 valence electrons. The lowest BCUT2D eigenvalue weighted by molar-refractivity contribution is -2.00. The number of hydrogen-bond acceptors (Lipinski definition) is 7. The molecule has 1 heterocycles. The summed E-state index contributed by atoms with van der Waals surface area (Å²) in [5.74, 6) is 0.854. The molecule has 10 heteroatoms. The number of benzene rings is 2. The molecule has 0 saturated carbocycles. The summed E-state index contributed by atoms with van der Waals surface area (Å²) in [5, 5.41) is 2.77. The van der Waals surface area contributed by atoms with Gasteiger partial charge < -0.3 is 4.74 Å². The summed E-state index contributed by atoms with van der Waals surface area (Å²) < 4.78 is 39.1. The van der Waals surface area contributed by atoms with E-state index in [4.69, 9.17) is 35.0 Å². The van der Waals surface area contributed by atoms with E-state index in [9.17, 15) is 0 Å². The van der Waals surface area contributed by atoms with E-state index in [1.165, 1.54) is 0 Å². The average molecular weight is 420 g/mol. The van der Waals surface area contributed by atoms with Gasteiger partial charge in [0.05, 0.1) is 12.7 Å². The molecular weight excluding hydrogens is 409 g/mol. The quantitative estimate of drug-likeness (QED) is 0.456. The van der Waals surface area contributed by atoms with Crippen LogP contribution in [0.1, 0.15) is 0 Å². The minimum atomic E-state index is -4.94. The van der Waals surface area contributed by atoms with Gasteiger partial charge in [-0.1, -0.05) is 23.7 Å². The van der Waals surface area contributed by atoms with Crippen molar-refractivity contribution in [1.29, 1.82) is 0 Å². The first-order valence-corrected chi connectivity index (χ1v) is 10.3. The molecule has 0 N–H and O–H groups in total. The molecule has 0 aliphatic rings. The van der Waals surface area contributed by atoms with Gasteiger partial charge in [-0.25, -0.2) is 18.6 Å². The largest absolute Gasteiger partial charge is 0.497 e. The Kier molecular flexibility index (Phi) is 7.05. The molecule has 0 radical (unpaired) electrons. The van der Waals surface area contributed by atoms with Crippen LogP contribution in [0.2, 0.25) is 5.02 Å². The Hall–Kier alpha value is -1.36. The summed E-state index contributed by atoms with van der Waals surface area (Å²) in [4.78, 5) is 4.69. The van der Waals surface area contributed by atoms with Crippen molar-refractivity contribution in [2.75, 3.05) is 7.11 Å². The lowest BCUT2D eigenvalue weighted by Gasteiger charge is -2.17. The normalized spacial score (nSPS) is 10.8. The minimum absolute atomic E-state index is 0.740. The smallest absolute Gasteiger partial charge is 0.348 e. The van der Waals surface area contributed by atoms with Crippen molar-refractivity contribution in [3.8, 4) is 26.9 Å². The zero-order chi connectivity index (χ0) is 18.4. The van der Waals surface area contributed by atoms with Crippen LogP contribution in [0.4, 0.5) is 0 Å². The Morgan fingerprint density at radius 2 is 1.48 bits per heavy atom. The fourth-order valence-electron chi connectivity index (χ4n) is 1.76. The molecule has 0 unspecified atom stereocenters. The molecule has 3 aromatic rings. The zero-order valence-corrected chi connectivity index (χ0v) is 15.8. The second kappa shape index (κ2) is 8.84. The zero-order valence-electron chi connectivity index (χ0n) is 12.7. The van der Waals surface area contributed by atoms with Crippen LogP contribution in [0.5, 0.6) is 5.75 Å². The number of rotatable bonds is 3. The summed E-state index contributed by atoms with van der Waals surface area (Å²) >= 11 is 5.90. The van der Waals surface area contributed by atoms with E-state index in [2.05, 4.69) is 4.98 Å². The number of methoxy groups -OCH3 is 1. The molecule has 0 atom stereocenters. The third kappa shape index (κ3) is 6.81. The highest BCUT2D eigenvalue weighted by atomic mass is 35.7. The van der Waals surface area contributed by atoms with E-state index < -0.39 is 10.2 Å². The Balaban J connectivity index is 0.000000399. The number of hydrogen-bond donors (Lipinski definition) is 0. The van der Waals surface area contributed by atoms with Gasteiger partial charge in [0.25, 0.3) is 0 Å². The molecule has 0 aliphatic carbocycles. The molecule has 0 aliphatic heterocycles. The third-order valence-corrected chi connectivity index (χ3v) is 5.33. The first-order valence-electron chi connectivity index (χ1n) is 6.58. The van der Waals surface area contributed by atoms with Gasteiger partial charge in [0.2, 0.25) is 0 Å². The molecule has 0 bridgehead atoms. The summed E-state index contributed by atoms with van der Waals surface area (Å²) in [6.07, 6.45) is 0. The maximum absolute atomic E-state index is 8.49. The van der Waals surface area contributed by atoms with Crippen molar-refractivity contribution < 1.29 is 33.6 Å². The van der Waals surface area contributed by atoms with Gasteiger partial charge >= 0.3 is 15.3 Å². The standard InChI is InChI=1S/C15H11ClNOS2.ClHO4/c1-18-13-8-4-11(5-9-13)15-17-14(19-20-15)10-2-6-12(16)7-3-10;2-1(3,4)5/h2-9H,1H3;(H,2,3,4,5)/q+1;/p-1. The Morgan fingerprint density at radius 3 is 2.00 bits per heavy atom. The fraction of sp³-hybridized carbons (Fsp3) is 0.0667. The lowest BCUT2D eigenvalue weighted by atomic mass is 10.2. The third-order valence-electron chi connectivity index (χ3n) is 2.83. The lowest BCUT2D eigenvalue weighted by Crippen LogP contribution is -2.68. The molecule has 6 nitrogen and oxygen atoms in total. The molecular formula is C15H11Cl2NO5S2. The topological polar surface area (TPSA) is 114 Å². The van der Waals surface area contributed by atoms with Crippen LogP contribution < -0.4 is 23.4 Å². The molecule has 0 saturated heterocycles. The monoisotopic (exact) mass is 419 g/mol.